The van der Waals surface area contributed by atoms with Gasteiger partial charge in [0.2, 0.25) is 11.6 Å². The van der Waals surface area contributed by atoms with Crippen LogP contribution in [0.2, 0.25) is 0 Å². The number of hydrogen-bond acceptors (Lipinski definition) is 3. The van der Waals surface area contributed by atoms with Gasteiger partial charge >= 0.3 is 0 Å². The van der Waals surface area contributed by atoms with Crippen LogP contribution in [0.5, 0.6) is 0 Å². The third-order valence-corrected chi connectivity index (χ3v) is 14.6. The molecule has 0 aliphatic heterocycles. The summed E-state index contributed by atoms with van der Waals surface area (Å²) in [6, 6.07) is 52.5. The van der Waals surface area contributed by atoms with Crippen LogP contribution in [0.1, 0.15) is 86.1 Å². The highest BCUT2D eigenvalue weighted by Gasteiger charge is 2.25. The minimum Gasteiger partial charge on any atom is -0.319 e. The lowest BCUT2D eigenvalue weighted by Crippen LogP contribution is -2.10. The Hall–Kier alpha value is -8.14. The molecule has 0 atom stereocenters. The molecule has 8 aromatic carbocycles. The molecule has 11 aromatic rings. The molecule has 354 valence electrons. The van der Waals surface area contributed by atoms with E-state index in [2.05, 4.69) is 206 Å². The number of benzene rings is 8. The standard InChI is InChI=1S/C66H60N6/c1-38-29-40(3)60(41(4)30-38)45-19-24-55-50(33-45)51-34-46(61-42(5)31-39(2)32-43(61)6)20-25-56(51)71(55)59-26-21-47(35-54(59)67-13)63-68-62(44-17-15-14-16-18-44)69-64(70-63)72-57-27-22-48(65(7,8)9)36-52(57)53-37-49(66(10,11)12)23-28-58(53)72/h14-37H,1-12H3. The zero-order valence-electron chi connectivity index (χ0n) is 43.5. The average molecular weight is 937 g/mol. The molecule has 6 heteroatoms. The van der Waals surface area contributed by atoms with Gasteiger partial charge in [0.05, 0.1) is 34.3 Å². The van der Waals surface area contributed by atoms with Crippen molar-refractivity contribution >= 4 is 49.3 Å². The fraction of sp³-hybridized carbons (Fsp3) is 0.212. The number of hydrogen-bond donors (Lipinski definition) is 0. The van der Waals surface area contributed by atoms with E-state index in [-0.39, 0.29) is 10.8 Å². The van der Waals surface area contributed by atoms with E-state index < -0.39 is 0 Å². The third kappa shape index (κ3) is 7.85. The van der Waals surface area contributed by atoms with Crippen LogP contribution < -0.4 is 0 Å². The SMILES string of the molecule is [C-]#[N+]c1cc(-c2nc(-c3ccccc3)nc(-n3c4ccc(C(C)(C)C)cc4c4cc(C(C)(C)C)ccc43)n2)ccc1-n1c2ccc(-c3c(C)cc(C)cc3C)cc2c2cc(-c3c(C)cc(C)cc3C)ccc21. The Morgan fingerprint density at radius 3 is 1.28 bits per heavy atom. The van der Waals surface area contributed by atoms with Crippen molar-refractivity contribution in [2.24, 2.45) is 0 Å². The minimum absolute atomic E-state index is 0.0394. The molecular formula is C66H60N6. The summed E-state index contributed by atoms with van der Waals surface area (Å²) >= 11 is 0. The molecule has 0 saturated heterocycles. The van der Waals surface area contributed by atoms with Crippen LogP contribution in [-0.2, 0) is 10.8 Å². The first kappa shape index (κ1) is 46.3. The fourth-order valence-corrected chi connectivity index (χ4v) is 11.3. The number of aromatic nitrogens is 5. The van der Waals surface area contributed by atoms with Gasteiger partial charge in [-0.15, -0.1) is 0 Å². The average Bonchev–Trinajstić information content (AvgIpc) is 3.84. The van der Waals surface area contributed by atoms with Crippen LogP contribution in [0.25, 0.3) is 105 Å². The Morgan fingerprint density at radius 1 is 0.403 bits per heavy atom. The summed E-state index contributed by atoms with van der Waals surface area (Å²) in [5.41, 5.74) is 21.9. The maximum Gasteiger partial charge on any atom is 0.238 e. The topological polar surface area (TPSA) is 52.9 Å². The van der Waals surface area contributed by atoms with E-state index in [1.54, 1.807) is 0 Å². The maximum atomic E-state index is 8.77. The highest BCUT2D eigenvalue weighted by molar-refractivity contribution is 6.13. The summed E-state index contributed by atoms with van der Waals surface area (Å²) in [4.78, 5) is 20.0. The Kier molecular flexibility index (Phi) is 10.9. The Bertz CT molecular complexity index is 3840. The van der Waals surface area contributed by atoms with Crippen molar-refractivity contribution in [1.82, 2.24) is 24.1 Å². The predicted octanol–water partition coefficient (Wildman–Crippen LogP) is 17.7. The van der Waals surface area contributed by atoms with Crippen LogP contribution >= 0.6 is 0 Å². The largest absolute Gasteiger partial charge is 0.319 e. The molecule has 0 saturated carbocycles. The summed E-state index contributed by atoms with van der Waals surface area (Å²) in [7, 11) is 0. The summed E-state index contributed by atoms with van der Waals surface area (Å²) in [5.74, 6) is 1.57. The van der Waals surface area contributed by atoms with Gasteiger partial charge in [-0.3, -0.25) is 4.57 Å². The molecule has 0 aliphatic carbocycles. The summed E-state index contributed by atoms with van der Waals surface area (Å²) in [6.45, 7) is 35.5. The fourth-order valence-electron chi connectivity index (χ4n) is 11.3. The molecule has 0 N–H and O–H groups in total. The number of nitrogens with zero attached hydrogens (tertiary/aromatic N) is 6. The smallest absolute Gasteiger partial charge is 0.238 e. The molecule has 72 heavy (non-hydrogen) atoms. The summed E-state index contributed by atoms with van der Waals surface area (Å²) < 4.78 is 4.45. The van der Waals surface area contributed by atoms with Gasteiger partial charge in [-0.1, -0.05) is 138 Å². The van der Waals surface area contributed by atoms with Crippen molar-refractivity contribution in [3.8, 4) is 56.7 Å². The van der Waals surface area contributed by atoms with Gasteiger partial charge in [-0.05, 0) is 169 Å². The lowest BCUT2D eigenvalue weighted by atomic mass is 9.85. The second-order valence-electron chi connectivity index (χ2n) is 22.1. The van der Waals surface area contributed by atoms with E-state index in [0.717, 1.165) is 60.4 Å². The van der Waals surface area contributed by atoms with Crippen molar-refractivity contribution < 1.29 is 0 Å². The van der Waals surface area contributed by atoms with Gasteiger partial charge < -0.3 is 4.57 Å². The van der Waals surface area contributed by atoms with Crippen molar-refractivity contribution in [3.63, 3.8) is 0 Å². The van der Waals surface area contributed by atoms with Gasteiger partial charge in [0.15, 0.2) is 11.6 Å². The second-order valence-corrected chi connectivity index (χ2v) is 22.1. The van der Waals surface area contributed by atoms with E-state index in [9.17, 15) is 0 Å². The molecule has 0 fully saturated rings. The number of fused-ring (bicyclic) bond motifs is 6. The van der Waals surface area contributed by atoms with E-state index in [0.29, 0.717) is 23.3 Å². The zero-order chi connectivity index (χ0) is 50.5. The molecule has 11 rings (SSSR count). The van der Waals surface area contributed by atoms with Gasteiger partial charge in [0, 0.05) is 32.7 Å². The molecular weight excluding hydrogens is 877 g/mol. The highest BCUT2D eigenvalue weighted by Crippen LogP contribution is 2.43. The first-order chi connectivity index (χ1) is 34.4. The van der Waals surface area contributed by atoms with Gasteiger partial charge in [-0.25, -0.2) is 9.83 Å². The third-order valence-electron chi connectivity index (χ3n) is 14.6. The van der Waals surface area contributed by atoms with Crippen molar-refractivity contribution in [2.75, 3.05) is 0 Å². The van der Waals surface area contributed by atoms with Crippen molar-refractivity contribution in [3.05, 3.63) is 202 Å². The van der Waals surface area contributed by atoms with Gasteiger partial charge in [-0.2, -0.15) is 9.97 Å². The molecule has 0 aliphatic rings. The summed E-state index contributed by atoms with van der Waals surface area (Å²) in [5, 5.41) is 4.59. The molecule has 3 heterocycles. The minimum atomic E-state index is -0.0394. The Balaban J connectivity index is 1.13. The molecule has 0 spiro atoms. The molecule has 0 radical (unpaired) electrons. The number of rotatable bonds is 6. The first-order valence-corrected chi connectivity index (χ1v) is 25.0. The molecule has 3 aromatic heterocycles. The van der Waals surface area contributed by atoms with Crippen molar-refractivity contribution in [1.29, 1.82) is 0 Å². The predicted molar refractivity (Wildman–Crippen MR) is 302 cm³/mol. The molecule has 0 unspecified atom stereocenters. The van der Waals surface area contributed by atoms with E-state index in [1.165, 1.54) is 66.8 Å². The van der Waals surface area contributed by atoms with Gasteiger partial charge in [0.25, 0.3) is 0 Å². The lowest BCUT2D eigenvalue weighted by Gasteiger charge is -2.19. The quantitative estimate of drug-likeness (QED) is 0.156. The Morgan fingerprint density at radius 2 is 0.819 bits per heavy atom. The second kappa shape index (κ2) is 17.0. The van der Waals surface area contributed by atoms with E-state index in [1.807, 2.05) is 36.4 Å². The Labute approximate surface area is 423 Å². The zero-order valence-corrected chi connectivity index (χ0v) is 43.5. The van der Waals surface area contributed by atoms with Crippen molar-refractivity contribution in [2.45, 2.75) is 93.9 Å². The van der Waals surface area contributed by atoms with E-state index in [4.69, 9.17) is 21.5 Å². The van der Waals surface area contributed by atoms with Gasteiger partial charge in [0.1, 0.15) is 0 Å². The normalized spacial score (nSPS) is 12.2. The van der Waals surface area contributed by atoms with E-state index >= 15 is 0 Å². The van der Waals surface area contributed by atoms with Crippen LogP contribution in [0.4, 0.5) is 5.69 Å². The van der Waals surface area contributed by atoms with Crippen LogP contribution in [0.3, 0.4) is 0 Å². The first-order valence-electron chi connectivity index (χ1n) is 25.0. The highest BCUT2D eigenvalue weighted by atomic mass is 15.2. The number of aryl methyl sites for hydroxylation is 6. The van der Waals surface area contributed by atoms with Crippen LogP contribution in [0, 0.1) is 48.1 Å². The van der Waals surface area contributed by atoms with Crippen LogP contribution in [-0.4, -0.2) is 24.1 Å². The maximum absolute atomic E-state index is 8.77. The summed E-state index contributed by atoms with van der Waals surface area (Å²) in [6.07, 6.45) is 0. The molecule has 6 nitrogen and oxygen atoms in total. The monoisotopic (exact) mass is 936 g/mol. The lowest BCUT2D eigenvalue weighted by molar-refractivity contribution is 0.590. The molecule has 0 amide bonds. The molecule has 0 bridgehead atoms. The van der Waals surface area contributed by atoms with Crippen LogP contribution in [0.15, 0.2) is 146 Å².